The quantitative estimate of drug-likeness (QED) is 0.182. The first-order chi connectivity index (χ1) is 26.2. The van der Waals surface area contributed by atoms with Crippen molar-refractivity contribution in [1.82, 2.24) is 4.57 Å². The fourth-order valence-corrected chi connectivity index (χ4v) is 8.14. The number of rotatable bonds is 5. The lowest BCUT2D eigenvalue weighted by Crippen LogP contribution is -2.14. The molecular weight excluding hydrogens is 645 g/mol. The zero-order chi connectivity index (χ0) is 35.7. The largest absolute Gasteiger partial charge is 0.316 e. The third kappa shape index (κ3) is 5.55. The lowest BCUT2D eigenvalue weighted by atomic mass is 9.78. The number of para-hydroxylation sites is 4. The van der Waals surface area contributed by atoms with Crippen LogP contribution in [0.15, 0.2) is 182 Å². The van der Waals surface area contributed by atoms with Crippen LogP contribution in [-0.4, -0.2) is 4.57 Å². The summed E-state index contributed by atoms with van der Waals surface area (Å²) >= 11 is 0. The average Bonchev–Trinajstić information content (AvgIpc) is 3.56. The van der Waals surface area contributed by atoms with Crippen molar-refractivity contribution in [3.05, 3.63) is 204 Å². The second-order valence-electron chi connectivity index (χ2n) is 13.5. The molecule has 4 nitrogen and oxygen atoms in total. The molecule has 9 rings (SSSR count). The van der Waals surface area contributed by atoms with E-state index in [0.29, 0.717) is 17.6 Å². The van der Waals surface area contributed by atoms with Gasteiger partial charge in [-0.3, -0.25) is 0 Å². The van der Waals surface area contributed by atoms with Crippen molar-refractivity contribution in [3.8, 4) is 29.0 Å². The summed E-state index contributed by atoms with van der Waals surface area (Å²) in [5.41, 5.74) is 13.8. The van der Waals surface area contributed by atoms with Crippen LogP contribution in [0.5, 0.6) is 0 Å². The fourth-order valence-electron chi connectivity index (χ4n) is 8.14. The third-order valence-corrected chi connectivity index (χ3v) is 10.5. The first kappa shape index (κ1) is 31.8. The van der Waals surface area contributed by atoms with Crippen LogP contribution >= 0.6 is 0 Å². The van der Waals surface area contributed by atoms with Crippen molar-refractivity contribution in [2.45, 2.75) is 18.8 Å². The molecule has 6 aromatic carbocycles. The lowest BCUT2D eigenvalue weighted by Gasteiger charge is -2.30. The maximum absolute atomic E-state index is 9.84. The van der Waals surface area contributed by atoms with E-state index < -0.39 is 0 Å². The van der Waals surface area contributed by atoms with Crippen LogP contribution in [0.1, 0.15) is 34.6 Å². The highest BCUT2D eigenvalue weighted by atomic mass is 15.1. The summed E-state index contributed by atoms with van der Waals surface area (Å²) < 4.78 is 2.34. The molecule has 7 aromatic rings. The Morgan fingerprint density at radius 1 is 0.642 bits per heavy atom. The molecule has 2 aliphatic rings. The summed E-state index contributed by atoms with van der Waals surface area (Å²) in [6.07, 6.45) is 14.2. The minimum Gasteiger partial charge on any atom is -0.316 e. The molecule has 53 heavy (non-hydrogen) atoms. The number of allylic oxidation sites excluding steroid dienone is 7. The van der Waals surface area contributed by atoms with Crippen LogP contribution in [-0.2, 0) is 6.42 Å². The lowest BCUT2D eigenvalue weighted by molar-refractivity contribution is 0.876. The van der Waals surface area contributed by atoms with Gasteiger partial charge in [0, 0.05) is 45.4 Å². The van der Waals surface area contributed by atoms with Gasteiger partial charge in [0.1, 0.15) is 0 Å². The molecule has 1 aromatic heterocycles. The normalized spacial score (nSPS) is 16.8. The number of benzene rings is 6. The highest BCUT2D eigenvalue weighted by molar-refractivity contribution is 6.11. The SMILES string of the molecule is N#CC1=C/Cc2cccc(-c3ccccc3C3=CC=CCC3c3cccc4c5ccccc5n(-c5cccc(C#N)c5)c34)c2N(c2ccccc2)/C=C\1. The highest BCUT2D eigenvalue weighted by Gasteiger charge is 2.27. The summed E-state index contributed by atoms with van der Waals surface area (Å²) in [5, 5.41) is 22.1. The van der Waals surface area contributed by atoms with Crippen LogP contribution in [0, 0.1) is 22.7 Å². The number of hydrogen-bond donors (Lipinski definition) is 0. The van der Waals surface area contributed by atoms with Gasteiger partial charge < -0.3 is 9.47 Å². The molecule has 1 aliphatic heterocycles. The zero-order valence-corrected chi connectivity index (χ0v) is 29.0. The van der Waals surface area contributed by atoms with Crippen LogP contribution < -0.4 is 4.90 Å². The van der Waals surface area contributed by atoms with Crippen molar-refractivity contribution in [2.75, 3.05) is 4.90 Å². The van der Waals surface area contributed by atoms with Gasteiger partial charge in [0.05, 0.1) is 34.4 Å². The van der Waals surface area contributed by atoms with E-state index in [9.17, 15) is 10.5 Å². The molecular formula is C49H34N4. The van der Waals surface area contributed by atoms with Crippen molar-refractivity contribution in [3.63, 3.8) is 0 Å². The minimum absolute atomic E-state index is 0.0730. The van der Waals surface area contributed by atoms with Crippen LogP contribution in [0.25, 0.3) is 44.2 Å². The standard InChI is InChI=1S/C49H34N4/c50-32-34-27-28-36-14-11-23-44(48(36)52(30-29-34)37-15-2-1-3-16-37)41-20-6-4-18-39(41)40-19-5-7-21-42(40)45-24-12-25-46-43-22-8-9-26-47(43)53(49(45)46)38-17-10-13-35(31-38)33-51/h1-20,22-27,29-31,42H,21,28H2/b30-29-,34-27+. The molecule has 1 atom stereocenters. The molecule has 0 radical (unpaired) electrons. The van der Waals surface area contributed by atoms with Gasteiger partial charge in [-0.1, -0.05) is 127 Å². The molecule has 0 fully saturated rings. The van der Waals surface area contributed by atoms with Gasteiger partial charge >= 0.3 is 0 Å². The first-order valence-corrected chi connectivity index (χ1v) is 18.0. The summed E-state index contributed by atoms with van der Waals surface area (Å²) in [5.74, 6) is 0.0730. The van der Waals surface area contributed by atoms with E-state index in [0.717, 1.165) is 51.2 Å². The van der Waals surface area contributed by atoms with Gasteiger partial charge in [-0.15, -0.1) is 0 Å². The molecule has 1 unspecified atom stereocenters. The number of fused-ring (bicyclic) bond motifs is 4. The van der Waals surface area contributed by atoms with Crippen molar-refractivity contribution in [1.29, 1.82) is 10.5 Å². The van der Waals surface area contributed by atoms with E-state index in [2.05, 4.69) is 155 Å². The highest BCUT2D eigenvalue weighted by Crippen LogP contribution is 2.48. The van der Waals surface area contributed by atoms with Gasteiger partial charge in [-0.2, -0.15) is 10.5 Å². The number of nitrogens with zero attached hydrogens (tertiary/aromatic N) is 4. The van der Waals surface area contributed by atoms with Gasteiger partial charge in [-0.05, 0) is 83.1 Å². The monoisotopic (exact) mass is 678 g/mol. The molecule has 4 heteroatoms. The molecule has 0 saturated heterocycles. The Kier molecular flexibility index (Phi) is 8.12. The molecule has 0 amide bonds. The summed E-state index contributed by atoms with van der Waals surface area (Å²) in [6.45, 7) is 0. The topological polar surface area (TPSA) is 55.8 Å². The Morgan fingerprint density at radius 2 is 1.38 bits per heavy atom. The maximum Gasteiger partial charge on any atom is 0.0992 e. The first-order valence-electron chi connectivity index (χ1n) is 18.0. The van der Waals surface area contributed by atoms with Crippen LogP contribution in [0.3, 0.4) is 0 Å². The van der Waals surface area contributed by atoms with E-state index in [1.807, 2.05) is 42.6 Å². The van der Waals surface area contributed by atoms with Crippen LogP contribution in [0.4, 0.5) is 11.4 Å². The third-order valence-electron chi connectivity index (χ3n) is 10.5. The minimum atomic E-state index is 0.0730. The molecule has 0 bridgehead atoms. The summed E-state index contributed by atoms with van der Waals surface area (Å²) in [6, 6.07) is 53.6. The van der Waals surface area contributed by atoms with Gasteiger partial charge in [0.2, 0.25) is 0 Å². The molecule has 2 heterocycles. The maximum atomic E-state index is 9.84. The predicted molar refractivity (Wildman–Crippen MR) is 217 cm³/mol. The second-order valence-corrected chi connectivity index (χ2v) is 13.5. The number of anilines is 2. The Labute approximate surface area is 309 Å². The predicted octanol–water partition coefficient (Wildman–Crippen LogP) is 12.1. The molecule has 0 spiro atoms. The average molecular weight is 679 g/mol. The van der Waals surface area contributed by atoms with Gasteiger partial charge in [0.15, 0.2) is 0 Å². The van der Waals surface area contributed by atoms with E-state index in [-0.39, 0.29) is 5.92 Å². The van der Waals surface area contributed by atoms with Crippen molar-refractivity contribution >= 4 is 38.8 Å². The van der Waals surface area contributed by atoms with E-state index in [4.69, 9.17) is 0 Å². The van der Waals surface area contributed by atoms with Gasteiger partial charge in [0.25, 0.3) is 0 Å². The fraction of sp³-hybridized carbons (Fsp3) is 0.0612. The van der Waals surface area contributed by atoms with Gasteiger partial charge in [-0.25, -0.2) is 0 Å². The Bertz CT molecular complexity index is 2760. The smallest absolute Gasteiger partial charge is 0.0992 e. The summed E-state index contributed by atoms with van der Waals surface area (Å²) in [7, 11) is 0. The zero-order valence-electron chi connectivity index (χ0n) is 29.0. The second kappa shape index (κ2) is 13.5. The Morgan fingerprint density at radius 3 is 2.25 bits per heavy atom. The number of aromatic nitrogens is 1. The van der Waals surface area contributed by atoms with Crippen LogP contribution in [0.2, 0.25) is 0 Å². The summed E-state index contributed by atoms with van der Waals surface area (Å²) in [4.78, 5) is 2.23. The van der Waals surface area contributed by atoms with E-state index in [1.165, 1.54) is 27.5 Å². The molecule has 1 aliphatic carbocycles. The van der Waals surface area contributed by atoms with E-state index >= 15 is 0 Å². The number of nitriles is 2. The number of hydrogen-bond acceptors (Lipinski definition) is 3. The Hall–Kier alpha value is -7.14. The van der Waals surface area contributed by atoms with E-state index in [1.54, 1.807) is 0 Å². The Balaban J connectivity index is 1.25. The molecule has 250 valence electrons. The van der Waals surface area contributed by atoms with Crippen molar-refractivity contribution in [2.24, 2.45) is 0 Å². The van der Waals surface area contributed by atoms with Crippen molar-refractivity contribution < 1.29 is 0 Å². The molecule has 0 saturated carbocycles. The molecule has 0 N–H and O–H groups in total.